The van der Waals surface area contributed by atoms with E-state index in [2.05, 4.69) is 14.9 Å². The molecule has 0 aliphatic rings. The van der Waals surface area contributed by atoms with Gasteiger partial charge in [0.15, 0.2) is 0 Å². The summed E-state index contributed by atoms with van der Waals surface area (Å²) >= 11 is 6.08. The third-order valence-corrected chi connectivity index (χ3v) is 5.35. The summed E-state index contributed by atoms with van der Waals surface area (Å²) in [6.45, 7) is 5.33. The van der Waals surface area contributed by atoms with E-state index in [1.165, 1.54) is 7.11 Å². The Bertz CT molecular complexity index is 780. The number of ether oxygens (including phenoxy) is 1. The number of hydrogen-bond donors (Lipinski definition) is 2. The van der Waals surface area contributed by atoms with E-state index in [0.717, 1.165) is 11.1 Å². The molecular formula is C14H18ClN3O3S. The number of halogens is 1. The number of methoxy groups -OCH3 is 1. The Hall–Kier alpha value is -1.57. The van der Waals surface area contributed by atoms with E-state index in [1.807, 2.05) is 6.92 Å². The fraction of sp³-hybridized carbons (Fsp3) is 0.357. The zero-order valence-corrected chi connectivity index (χ0v) is 14.4. The summed E-state index contributed by atoms with van der Waals surface area (Å²) in [6.07, 6.45) is 0. The molecule has 2 N–H and O–H groups in total. The zero-order chi connectivity index (χ0) is 16.5. The topological polar surface area (TPSA) is 84.1 Å². The molecule has 2 aromatic rings. The van der Waals surface area contributed by atoms with Crippen LogP contribution < -0.4 is 9.46 Å². The van der Waals surface area contributed by atoms with Crippen molar-refractivity contribution in [3.8, 4) is 5.75 Å². The van der Waals surface area contributed by atoms with Crippen LogP contribution in [0.3, 0.4) is 0 Å². The third kappa shape index (κ3) is 3.26. The van der Waals surface area contributed by atoms with Gasteiger partial charge in [0.05, 0.1) is 23.5 Å². The monoisotopic (exact) mass is 343 g/mol. The molecule has 0 aliphatic heterocycles. The number of nitrogens with one attached hydrogen (secondary N) is 2. The summed E-state index contributed by atoms with van der Waals surface area (Å²) in [5.41, 5.74) is 2.63. The van der Waals surface area contributed by atoms with Gasteiger partial charge in [0.25, 0.3) is 0 Å². The summed E-state index contributed by atoms with van der Waals surface area (Å²) in [4.78, 5) is 0.185. The van der Waals surface area contributed by atoms with Gasteiger partial charge >= 0.3 is 0 Å². The zero-order valence-electron chi connectivity index (χ0n) is 12.8. The SMILES string of the molecule is COc1cc(C)c(CNS(=O)(=O)c2c(C)n[nH]c2C)cc1Cl. The van der Waals surface area contributed by atoms with E-state index in [-0.39, 0.29) is 11.4 Å². The summed E-state index contributed by atoms with van der Waals surface area (Å²) in [5.74, 6) is 0.562. The number of sulfonamides is 1. The summed E-state index contributed by atoms with van der Waals surface area (Å²) in [5, 5.41) is 7.02. The Labute approximate surface area is 134 Å². The highest BCUT2D eigenvalue weighted by molar-refractivity contribution is 7.89. The molecule has 0 aliphatic carbocycles. The molecule has 1 aromatic carbocycles. The van der Waals surface area contributed by atoms with E-state index in [4.69, 9.17) is 16.3 Å². The number of nitrogens with zero attached hydrogens (tertiary/aromatic N) is 1. The molecule has 0 amide bonds. The molecule has 6 nitrogen and oxygen atoms in total. The lowest BCUT2D eigenvalue weighted by Gasteiger charge is -2.12. The molecule has 0 fully saturated rings. The number of rotatable bonds is 5. The van der Waals surface area contributed by atoms with Crippen LogP contribution in [0.1, 0.15) is 22.5 Å². The van der Waals surface area contributed by atoms with Crippen molar-refractivity contribution in [3.05, 3.63) is 39.7 Å². The van der Waals surface area contributed by atoms with Crippen LogP contribution >= 0.6 is 11.6 Å². The lowest BCUT2D eigenvalue weighted by atomic mass is 10.1. The van der Waals surface area contributed by atoms with Gasteiger partial charge in [-0.2, -0.15) is 5.10 Å². The highest BCUT2D eigenvalue weighted by atomic mass is 35.5. The Kier molecular flexibility index (Phi) is 4.79. The maximum Gasteiger partial charge on any atom is 0.244 e. The van der Waals surface area contributed by atoms with Crippen LogP contribution in [0.2, 0.25) is 5.02 Å². The molecule has 0 atom stereocenters. The molecule has 1 aromatic heterocycles. The third-order valence-electron chi connectivity index (χ3n) is 3.39. The highest BCUT2D eigenvalue weighted by Gasteiger charge is 2.22. The number of aryl methyl sites for hydroxylation is 3. The standard InChI is InChI=1S/C14H18ClN3O3S/c1-8-5-13(21-4)12(15)6-11(8)7-16-22(19,20)14-9(2)17-18-10(14)3/h5-6,16H,7H2,1-4H3,(H,17,18). The van der Waals surface area contributed by atoms with Crippen molar-refractivity contribution < 1.29 is 13.2 Å². The molecule has 0 spiro atoms. The van der Waals surface area contributed by atoms with Crippen molar-refractivity contribution in [3.63, 3.8) is 0 Å². The molecule has 0 radical (unpaired) electrons. The van der Waals surface area contributed by atoms with Gasteiger partial charge in [-0.15, -0.1) is 0 Å². The second kappa shape index (κ2) is 6.28. The molecule has 0 unspecified atom stereocenters. The van der Waals surface area contributed by atoms with Crippen LogP contribution in [0.25, 0.3) is 0 Å². The number of hydrogen-bond acceptors (Lipinski definition) is 4. The van der Waals surface area contributed by atoms with Crippen molar-refractivity contribution in [2.24, 2.45) is 0 Å². The smallest absolute Gasteiger partial charge is 0.244 e. The lowest BCUT2D eigenvalue weighted by molar-refractivity contribution is 0.414. The number of aromatic nitrogens is 2. The molecule has 120 valence electrons. The van der Waals surface area contributed by atoms with Gasteiger partial charge in [0.2, 0.25) is 10.0 Å². The Morgan fingerprint density at radius 3 is 2.55 bits per heavy atom. The maximum atomic E-state index is 12.4. The Morgan fingerprint density at radius 1 is 1.32 bits per heavy atom. The van der Waals surface area contributed by atoms with E-state index in [9.17, 15) is 8.42 Å². The summed E-state index contributed by atoms with van der Waals surface area (Å²) in [6, 6.07) is 3.48. The van der Waals surface area contributed by atoms with Crippen LogP contribution in [0.15, 0.2) is 17.0 Å². The van der Waals surface area contributed by atoms with Crippen molar-refractivity contribution >= 4 is 21.6 Å². The lowest BCUT2D eigenvalue weighted by Crippen LogP contribution is -2.24. The van der Waals surface area contributed by atoms with Gasteiger partial charge in [-0.1, -0.05) is 11.6 Å². The molecular weight excluding hydrogens is 326 g/mol. The van der Waals surface area contributed by atoms with E-state index in [0.29, 0.717) is 22.2 Å². The molecule has 8 heteroatoms. The van der Waals surface area contributed by atoms with Crippen LogP contribution in [0.5, 0.6) is 5.75 Å². The quantitative estimate of drug-likeness (QED) is 0.873. The molecule has 0 saturated carbocycles. The van der Waals surface area contributed by atoms with Crippen molar-refractivity contribution in [1.29, 1.82) is 0 Å². The maximum absolute atomic E-state index is 12.4. The predicted octanol–water partition coefficient (Wildman–Crippen LogP) is 2.48. The number of aromatic amines is 1. The van der Waals surface area contributed by atoms with E-state index >= 15 is 0 Å². The average molecular weight is 344 g/mol. The first-order valence-electron chi connectivity index (χ1n) is 6.60. The van der Waals surface area contributed by atoms with Gasteiger partial charge in [-0.25, -0.2) is 13.1 Å². The molecule has 0 bridgehead atoms. The fourth-order valence-corrected chi connectivity index (χ4v) is 3.86. The molecule has 2 rings (SSSR count). The number of benzene rings is 1. The van der Waals surface area contributed by atoms with Crippen molar-refractivity contribution in [2.45, 2.75) is 32.2 Å². The van der Waals surface area contributed by atoms with Crippen molar-refractivity contribution in [2.75, 3.05) is 7.11 Å². The minimum Gasteiger partial charge on any atom is -0.495 e. The second-order valence-electron chi connectivity index (χ2n) is 5.00. The first-order chi connectivity index (χ1) is 10.3. The summed E-state index contributed by atoms with van der Waals surface area (Å²) in [7, 11) is -2.10. The van der Waals surface area contributed by atoms with Gasteiger partial charge in [-0.3, -0.25) is 5.10 Å². The molecule has 0 saturated heterocycles. The van der Waals surface area contributed by atoms with Gasteiger partial charge in [-0.05, 0) is 44.0 Å². The van der Waals surface area contributed by atoms with E-state index < -0.39 is 10.0 Å². The van der Waals surface area contributed by atoms with Crippen LogP contribution in [-0.4, -0.2) is 25.7 Å². The Balaban J connectivity index is 2.25. The first-order valence-corrected chi connectivity index (χ1v) is 8.46. The number of H-pyrrole nitrogens is 1. The fourth-order valence-electron chi connectivity index (χ4n) is 2.22. The van der Waals surface area contributed by atoms with Crippen LogP contribution in [-0.2, 0) is 16.6 Å². The normalized spacial score (nSPS) is 11.7. The average Bonchev–Trinajstić information content (AvgIpc) is 2.79. The Morgan fingerprint density at radius 2 is 2.00 bits per heavy atom. The molecule has 1 heterocycles. The predicted molar refractivity (Wildman–Crippen MR) is 84.8 cm³/mol. The minimum absolute atomic E-state index is 0.141. The van der Waals surface area contributed by atoms with E-state index in [1.54, 1.807) is 26.0 Å². The summed E-state index contributed by atoms with van der Waals surface area (Å²) < 4.78 is 32.5. The first kappa shape index (κ1) is 16.8. The highest BCUT2D eigenvalue weighted by Crippen LogP contribution is 2.28. The van der Waals surface area contributed by atoms with Crippen LogP contribution in [0, 0.1) is 20.8 Å². The second-order valence-corrected chi connectivity index (χ2v) is 7.11. The van der Waals surface area contributed by atoms with Gasteiger partial charge < -0.3 is 4.74 Å². The van der Waals surface area contributed by atoms with Crippen LogP contribution in [0.4, 0.5) is 0 Å². The minimum atomic E-state index is -3.64. The van der Waals surface area contributed by atoms with Gasteiger partial charge in [0.1, 0.15) is 10.6 Å². The van der Waals surface area contributed by atoms with Gasteiger partial charge in [0, 0.05) is 6.54 Å². The largest absolute Gasteiger partial charge is 0.495 e. The van der Waals surface area contributed by atoms with Crippen molar-refractivity contribution in [1.82, 2.24) is 14.9 Å². The molecule has 22 heavy (non-hydrogen) atoms.